The molecule has 0 spiro atoms. The van der Waals surface area contributed by atoms with E-state index in [4.69, 9.17) is 16.3 Å². The Hall–Kier alpha value is -3.56. The molecule has 1 aromatic heterocycles. The fourth-order valence-electron chi connectivity index (χ4n) is 3.28. The van der Waals surface area contributed by atoms with Gasteiger partial charge in [-0.1, -0.05) is 23.7 Å². The van der Waals surface area contributed by atoms with E-state index in [2.05, 4.69) is 5.32 Å². The van der Waals surface area contributed by atoms with Gasteiger partial charge in [-0.3, -0.25) is 4.79 Å². The normalized spacial score (nSPS) is 11.2. The molecule has 0 saturated heterocycles. The van der Waals surface area contributed by atoms with E-state index in [9.17, 15) is 14.4 Å². The van der Waals surface area contributed by atoms with E-state index in [1.165, 1.54) is 12.1 Å². The lowest BCUT2D eigenvalue weighted by atomic mass is 10.1. The first-order chi connectivity index (χ1) is 14.8. The summed E-state index contributed by atoms with van der Waals surface area (Å²) < 4.78 is 20.5. The van der Waals surface area contributed by atoms with Crippen molar-refractivity contribution in [1.82, 2.24) is 9.88 Å². The van der Waals surface area contributed by atoms with Gasteiger partial charge in [-0.2, -0.15) is 5.26 Å². The van der Waals surface area contributed by atoms with Crippen LogP contribution in [0.3, 0.4) is 0 Å². The van der Waals surface area contributed by atoms with E-state index in [1.807, 2.05) is 42.7 Å². The second kappa shape index (κ2) is 9.50. The summed E-state index contributed by atoms with van der Waals surface area (Å²) in [4.78, 5) is 12.5. The molecule has 31 heavy (non-hydrogen) atoms. The molecule has 3 rings (SSSR count). The van der Waals surface area contributed by atoms with E-state index < -0.39 is 11.7 Å². The number of nitrogens with zero attached hydrogens (tertiary/aromatic N) is 2. The Balaban J connectivity index is 1.82. The maximum absolute atomic E-state index is 13.5. The SMILES string of the molecule is COc1ccc(CNC(=O)/C(C#N)=C\c2cc(C)n(-c3ccc(F)c(Cl)c3)c2C)cc1. The monoisotopic (exact) mass is 437 g/mol. The van der Waals surface area contributed by atoms with E-state index >= 15 is 0 Å². The van der Waals surface area contributed by atoms with Crippen LogP contribution < -0.4 is 10.1 Å². The number of carbonyl (C=O) groups excluding carboxylic acids is 1. The Labute approximate surface area is 185 Å². The van der Waals surface area contributed by atoms with Crippen LogP contribution in [0, 0.1) is 31.0 Å². The number of benzene rings is 2. The van der Waals surface area contributed by atoms with Gasteiger partial charge < -0.3 is 14.6 Å². The highest BCUT2D eigenvalue weighted by atomic mass is 35.5. The van der Waals surface area contributed by atoms with Gasteiger partial charge in [-0.05, 0) is 67.4 Å². The van der Waals surface area contributed by atoms with Crippen LogP contribution in [0.2, 0.25) is 5.02 Å². The first kappa shape index (κ1) is 22.1. The average molecular weight is 438 g/mol. The standard InChI is InChI=1S/C24H21ClFN3O2/c1-15-10-18(16(2)29(15)20-6-9-23(26)22(25)12-20)11-19(13-27)24(30)28-14-17-4-7-21(31-3)8-5-17/h4-12H,14H2,1-3H3,(H,28,30)/b19-11-. The highest BCUT2D eigenvalue weighted by molar-refractivity contribution is 6.30. The number of carbonyl (C=O) groups is 1. The number of hydrogen-bond acceptors (Lipinski definition) is 3. The van der Waals surface area contributed by atoms with Crippen molar-refractivity contribution in [3.05, 3.63) is 87.5 Å². The minimum absolute atomic E-state index is 0.00843. The molecule has 1 N–H and O–H groups in total. The fraction of sp³-hybridized carbons (Fsp3) is 0.167. The van der Waals surface area contributed by atoms with Gasteiger partial charge in [0.05, 0.1) is 12.1 Å². The van der Waals surface area contributed by atoms with Gasteiger partial charge in [-0.15, -0.1) is 0 Å². The van der Waals surface area contributed by atoms with Gasteiger partial charge in [-0.25, -0.2) is 4.39 Å². The van der Waals surface area contributed by atoms with E-state index in [-0.39, 0.29) is 17.1 Å². The molecular formula is C24H21ClFN3O2. The summed E-state index contributed by atoms with van der Waals surface area (Å²) in [6, 6.07) is 15.6. The molecule has 7 heteroatoms. The number of halogens is 2. The Kier molecular flexibility index (Phi) is 6.78. The van der Waals surface area contributed by atoms with Crippen molar-refractivity contribution in [2.45, 2.75) is 20.4 Å². The minimum Gasteiger partial charge on any atom is -0.497 e. The summed E-state index contributed by atoms with van der Waals surface area (Å²) in [6.45, 7) is 4.03. The highest BCUT2D eigenvalue weighted by Crippen LogP contribution is 2.26. The molecule has 0 radical (unpaired) electrons. The number of aromatic nitrogens is 1. The van der Waals surface area contributed by atoms with E-state index in [1.54, 1.807) is 31.4 Å². The number of amides is 1. The quantitative estimate of drug-likeness (QED) is 0.430. The Morgan fingerprint density at radius 2 is 1.94 bits per heavy atom. The van der Waals surface area contributed by atoms with Crippen LogP contribution in [0.5, 0.6) is 5.75 Å². The van der Waals surface area contributed by atoms with Crippen molar-refractivity contribution in [2.24, 2.45) is 0 Å². The lowest BCUT2D eigenvalue weighted by Crippen LogP contribution is -2.23. The second-order valence-electron chi connectivity index (χ2n) is 6.96. The molecule has 158 valence electrons. The summed E-state index contributed by atoms with van der Waals surface area (Å²) in [5.41, 5.74) is 3.96. The maximum Gasteiger partial charge on any atom is 0.262 e. The molecular weight excluding hydrogens is 417 g/mol. The third-order valence-electron chi connectivity index (χ3n) is 4.91. The van der Waals surface area contributed by atoms with Crippen LogP contribution in [0.4, 0.5) is 4.39 Å². The van der Waals surface area contributed by atoms with Gasteiger partial charge in [0.1, 0.15) is 23.2 Å². The number of methoxy groups -OCH3 is 1. The molecule has 0 bridgehead atoms. The Morgan fingerprint density at radius 1 is 1.23 bits per heavy atom. The van der Waals surface area contributed by atoms with Crippen LogP contribution in [0.15, 0.2) is 54.1 Å². The molecule has 0 aliphatic rings. The van der Waals surface area contributed by atoms with Crippen molar-refractivity contribution in [3.8, 4) is 17.5 Å². The van der Waals surface area contributed by atoms with Crippen molar-refractivity contribution < 1.29 is 13.9 Å². The summed E-state index contributed by atoms with van der Waals surface area (Å²) in [5.74, 6) is -0.230. The molecule has 0 saturated carbocycles. The molecule has 0 aliphatic carbocycles. The average Bonchev–Trinajstić information content (AvgIpc) is 3.05. The maximum atomic E-state index is 13.5. The summed E-state index contributed by atoms with van der Waals surface area (Å²) in [6.07, 6.45) is 1.55. The predicted molar refractivity (Wildman–Crippen MR) is 119 cm³/mol. The zero-order valence-corrected chi connectivity index (χ0v) is 18.1. The zero-order valence-electron chi connectivity index (χ0n) is 17.4. The number of rotatable bonds is 6. The number of aryl methyl sites for hydroxylation is 1. The number of nitrogens with one attached hydrogen (secondary N) is 1. The molecule has 0 atom stereocenters. The van der Waals surface area contributed by atoms with Gasteiger partial charge >= 0.3 is 0 Å². The third-order valence-corrected chi connectivity index (χ3v) is 5.20. The molecule has 0 unspecified atom stereocenters. The van der Waals surface area contributed by atoms with Crippen molar-refractivity contribution in [1.29, 1.82) is 5.26 Å². The molecule has 1 heterocycles. The van der Waals surface area contributed by atoms with E-state index in [0.717, 1.165) is 22.7 Å². The molecule has 1 amide bonds. The molecule has 0 aliphatic heterocycles. The molecule has 0 fully saturated rings. The van der Waals surface area contributed by atoms with Crippen LogP contribution in [0.25, 0.3) is 11.8 Å². The van der Waals surface area contributed by atoms with Gasteiger partial charge in [0.2, 0.25) is 0 Å². The zero-order chi connectivity index (χ0) is 22.5. The topological polar surface area (TPSA) is 67.0 Å². The summed E-state index contributed by atoms with van der Waals surface area (Å²) in [5, 5.41) is 12.3. The minimum atomic E-state index is -0.492. The van der Waals surface area contributed by atoms with Crippen LogP contribution in [0.1, 0.15) is 22.5 Å². The third kappa shape index (κ3) is 4.96. The fourth-order valence-corrected chi connectivity index (χ4v) is 3.46. The Morgan fingerprint density at radius 3 is 2.55 bits per heavy atom. The lowest BCUT2D eigenvalue weighted by Gasteiger charge is -2.10. The predicted octanol–water partition coefficient (Wildman–Crippen LogP) is 5.12. The number of hydrogen-bond donors (Lipinski definition) is 1. The van der Waals surface area contributed by atoms with Crippen molar-refractivity contribution in [3.63, 3.8) is 0 Å². The molecule has 2 aromatic carbocycles. The van der Waals surface area contributed by atoms with Crippen molar-refractivity contribution in [2.75, 3.05) is 7.11 Å². The second-order valence-corrected chi connectivity index (χ2v) is 7.37. The van der Waals surface area contributed by atoms with E-state index in [0.29, 0.717) is 11.3 Å². The highest BCUT2D eigenvalue weighted by Gasteiger charge is 2.14. The smallest absolute Gasteiger partial charge is 0.262 e. The lowest BCUT2D eigenvalue weighted by molar-refractivity contribution is -0.117. The van der Waals surface area contributed by atoms with Gasteiger partial charge in [0.15, 0.2) is 0 Å². The van der Waals surface area contributed by atoms with Crippen LogP contribution in [-0.4, -0.2) is 17.6 Å². The van der Waals surface area contributed by atoms with Crippen molar-refractivity contribution >= 4 is 23.6 Å². The van der Waals surface area contributed by atoms with Gasteiger partial charge in [0, 0.05) is 23.6 Å². The largest absolute Gasteiger partial charge is 0.497 e. The Bertz CT molecular complexity index is 1190. The van der Waals surface area contributed by atoms with Crippen LogP contribution >= 0.6 is 11.6 Å². The number of ether oxygens (including phenoxy) is 1. The summed E-state index contributed by atoms with van der Waals surface area (Å²) >= 11 is 5.92. The number of nitriles is 1. The first-order valence-electron chi connectivity index (χ1n) is 9.51. The molecule has 5 nitrogen and oxygen atoms in total. The first-order valence-corrected chi connectivity index (χ1v) is 9.89. The summed E-state index contributed by atoms with van der Waals surface area (Å²) in [7, 11) is 1.59. The van der Waals surface area contributed by atoms with Gasteiger partial charge in [0.25, 0.3) is 5.91 Å². The molecule has 3 aromatic rings. The van der Waals surface area contributed by atoms with Crippen LogP contribution in [-0.2, 0) is 11.3 Å².